The summed E-state index contributed by atoms with van der Waals surface area (Å²) < 4.78 is 89.9. The highest BCUT2D eigenvalue weighted by Gasteiger charge is 2.35. The van der Waals surface area contributed by atoms with E-state index in [2.05, 4.69) is 25.9 Å². The van der Waals surface area contributed by atoms with Crippen molar-refractivity contribution in [2.45, 2.75) is 17.6 Å². The predicted octanol–water partition coefficient (Wildman–Crippen LogP) is 4.88. The molecule has 0 radical (unpaired) electrons. The van der Waals surface area contributed by atoms with Crippen LogP contribution in [0.5, 0.6) is 0 Å². The molecule has 1 aliphatic heterocycles. The van der Waals surface area contributed by atoms with Crippen molar-refractivity contribution in [3.8, 4) is 0 Å². The fourth-order valence-corrected chi connectivity index (χ4v) is 6.15. The van der Waals surface area contributed by atoms with Gasteiger partial charge in [0.25, 0.3) is 10.0 Å². The van der Waals surface area contributed by atoms with Crippen molar-refractivity contribution in [1.29, 1.82) is 0 Å². The Balaban J connectivity index is 1.58. The van der Waals surface area contributed by atoms with Gasteiger partial charge in [0.1, 0.15) is 26.8 Å². The first-order chi connectivity index (χ1) is 18.1. The van der Waals surface area contributed by atoms with E-state index in [4.69, 9.17) is 4.74 Å². The summed E-state index contributed by atoms with van der Waals surface area (Å²) in [6, 6.07) is 10.4. The Kier molecular flexibility index (Phi) is 7.05. The van der Waals surface area contributed by atoms with Gasteiger partial charge in [0.05, 0.1) is 25.3 Å². The van der Waals surface area contributed by atoms with Crippen LogP contribution in [-0.2, 0) is 27.5 Å². The van der Waals surface area contributed by atoms with Gasteiger partial charge in [-0.15, -0.1) is 0 Å². The maximum atomic E-state index is 13.9. The van der Waals surface area contributed by atoms with Crippen LogP contribution >= 0.6 is 15.9 Å². The van der Waals surface area contributed by atoms with E-state index in [1.807, 2.05) is 4.90 Å². The van der Waals surface area contributed by atoms with Crippen LogP contribution in [0.2, 0.25) is 0 Å². The van der Waals surface area contributed by atoms with E-state index in [1.54, 1.807) is 34.9 Å². The molecule has 1 aromatic carbocycles. The number of imidazole rings is 1. The zero-order valence-electron chi connectivity index (χ0n) is 19.6. The Bertz CT molecular complexity index is 1570. The maximum Gasteiger partial charge on any atom is 0.419 e. The summed E-state index contributed by atoms with van der Waals surface area (Å²) in [5, 5.41) is 0. The lowest BCUT2D eigenvalue weighted by atomic mass is 10.1. The number of rotatable bonds is 6. The fourth-order valence-electron chi connectivity index (χ4n) is 4.07. The molecule has 0 unspecified atom stereocenters. The second-order valence-corrected chi connectivity index (χ2v) is 11.0. The SMILES string of the molecule is O=S(=O)(c1ccc(N2CCOCC2)nc1)N(Cc1ccc(F)c(C(F)(F)F)c1)c1nc2ccccn2c1Br. The van der Waals surface area contributed by atoms with Crippen LogP contribution < -0.4 is 9.21 Å². The van der Waals surface area contributed by atoms with Gasteiger partial charge in [-0.1, -0.05) is 12.1 Å². The van der Waals surface area contributed by atoms with Crippen LogP contribution in [0.3, 0.4) is 0 Å². The highest BCUT2D eigenvalue weighted by atomic mass is 79.9. The number of sulfonamides is 1. The molecule has 200 valence electrons. The third-order valence-electron chi connectivity index (χ3n) is 6.00. The molecule has 1 aliphatic rings. The van der Waals surface area contributed by atoms with Gasteiger partial charge in [-0.05, 0) is 57.9 Å². The first kappa shape index (κ1) is 26.4. The molecule has 4 aromatic rings. The van der Waals surface area contributed by atoms with Gasteiger partial charge in [0.15, 0.2) is 5.82 Å². The van der Waals surface area contributed by atoms with Crippen LogP contribution in [-0.4, -0.2) is 49.1 Å². The molecular weight excluding hydrogens is 594 g/mol. The van der Waals surface area contributed by atoms with E-state index in [9.17, 15) is 26.0 Å². The minimum absolute atomic E-state index is 0.0497. The number of hydrogen-bond acceptors (Lipinski definition) is 6. The van der Waals surface area contributed by atoms with Crippen LogP contribution in [0, 0.1) is 5.82 Å². The molecule has 0 saturated carbocycles. The summed E-state index contributed by atoms with van der Waals surface area (Å²) in [6.45, 7) is 1.71. The fraction of sp³-hybridized carbons (Fsp3) is 0.250. The second-order valence-electron chi connectivity index (χ2n) is 8.43. The standard InChI is InChI=1S/C24H20BrF4N5O3S/c25-22-23(31-21-3-1-2-8-33(21)22)34(15-16-4-6-19(26)18(13-16)24(27,28)29)38(35,36)17-5-7-20(30-14-17)32-9-11-37-12-10-32/h1-8,13-14H,9-12,15H2. The number of alkyl halides is 3. The van der Waals surface area contributed by atoms with Crippen molar-refractivity contribution in [2.24, 2.45) is 0 Å². The van der Waals surface area contributed by atoms with Crippen LogP contribution in [0.1, 0.15) is 11.1 Å². The van der Waals surface area contributed by atoms with E-state index >= 15 is 0 Å². The zero-order valence-corrected chi connectivity index (χ0v) is 22.0. The summed E-state index contributed by atoms with van der Waals surface area (Å²) in [5.74, 6) is -0.931. The molecule has 1 fully saturated rings. The molecule has 5 rings (SSSR count). The van der Waals surface area contributed by atoms with Gasteiger partial charge in [-0.3, -0.25) is 4.40 Å². The van der Waals surface area contributed by atoms with E-state index in [1.165, 1.54) is 12.3 Å². The highest BCUT2D eigenvalue weighted by molar-refractivity contribution is 9.10. The first-order valence-corrected chi connectivity index (χ1v) is 13.6. The Hall–Kier alpha value is -3.23. The lowest BCUT2D eigenvalue weighted by molar-refractivity contribution is -0.140. The van der Waals surface area contributed by atoms with Crippen molar-refractivity contribution < 1.29 is 30.7 Å². The van der Waals surface area contributed by atoms with Crippen molar-refractivity contribution >= 4 is 43.2 Å². The number of nitrogens with zero attached hydrogens (tertiary/aromatic N) is 5. The van der Waals surface area contributed by atoms with E-state index < -0.39 is 34.1 Å². The summed E-state index contributed by atoms with van der Waals surface area (Å²) in [5.41, 5.74) is -1.16. The lowest BCUT2D eigenvalue weighted by Crippen LogP contribution is -2.37. The average Bonchev–Trinajstić information content (AvgIpc) is 3.24. The molecule has 0 atom stereocenters. The summed E-state index contributed by atoms with van der Waals surface area (Å²) in [6.07, 6.45) is -2.10. The first-order valence-electron chi connectivity index (χ1n) is 11.4. The molecule has 1 saturated heterocycles. The number of pyridine rings is 2. The number of anilines is 2. The number of ether oxygens (including phenoxy) is 1. The van der Waals surface area contributed by atoms with Gasteiger partial charge in [0, 0.05) is 25.5 Å². The number of aromatic nitrogens is 3. The molecule has 0 aliphatic carbocycles. The average molecular weight is 614 g/mol. The second kappa shape index (κ2) is 10.2. The van der Waals surface area contributed by atoms with E-state index in [-0.39, 0.29) is 20.9 Å². The van der Waals surface area contributed by atoms with Crippen LogP contribution in [0.25, 0.3) is 5.65 Å². The van der Waals surface area contributed by atoms with Gasteiger partial charge in [-0.2, -0.15) is 13.2 Å². The number of hydrogen-bond donors (Lipinski definition) is 0. The van der Waals surface area contributed by atoms with Crippen LogP contribution in [0.4, 0.5) is 29.2 Å². The normalized spacial score (nSPS) is 14.7. The monoisotopic (exact) mass is 613 g/mol. The maximum absolute atomic E-state index is 13.9. The third kappa shape index (κ3) is 5.07. The minimum Gasteiger partial charge on any atom is -0.378 e. The number of halogens is 5. The van der Waals surface area contributed by atoms with Crippen LogP contribution in [0.15, 0.2) is 70.4 Å². The Morgan fingerprint density at radius 1 is 1.08 bits per heavy atom. The number of benzene rings is 1. The smallest absolute Gasteiger partial charge is 0.378 e. The van der Waals surface area contributed by atoms with Gasteiger partial charge in [0.2, 0.25) is 0 Å². The number of fused-ring (bicyclic) bond motifs is 1. The van der Waals surface area contributed by atoms with Gasteiger partial charge >= 0.3 is 6.18 Å². The third-order valence-corrected chi connectivity index (χ3v) is 8.45. The highest BCUT2D eigenvalue weighted by Crippen LogP contribution is 2.35. The number of morpholine rings is 1. The lowest BCUT2D eigenvalue weighted by Gasteiger charge is -2.28. The summed E-state index contributed by atoms with van der Waals surface area (Å²) in [4.78, 5) is 10.5. The molecule has 0 bridgehead atoms. The minimum atomic E-state index is -4.95. The topological polar surface area (TPSA) is 80.0 Å². The van der Waals surface area contributed by atoms with Gasteiger partial charge < -0.3 is 9.64 Å². The molecule has 0 spiro atoms. The quantitative estimate of drug-likeness (QED) is 0.288. The van der Waals surface area contributed by atoms with Gasteiger partial charge in [-0.25, -0.2) is 27.1 Å². The largest absolute Gasteiger partial charge is 0.419 e. The molecule has 0 amide bonds. The summed E-state index contributed by atoms with van der Waals surface area (Å²) >= 11 is 3.37. The molecule has 3 aromatic heterocycles. The molecule has 0 N–H and O–H groups in total. The molecule has 4 heterocycles. The van der Waals surface area contributed by atoms with Crippen molar-refractivity contribution in [2.75, 3.05) is 35.5 Å². The van der Waals surface area contributed by atoms with Crippen molar-refractivity contribution in [3.05, 3.63) is 82.5 Å². The molecule has 8 nitrogen and oxygen atoms in total. The molecule has 38 heavy (non-hydrogen) atoms. The Morgan fingerprint density at radius 3 is 2.50 bits per heavy atom. The molecule has 14 heteroatoms. The van der Waals surface area contributed by atoms with E-state index in [0.29, 0.717) is 49.9 Å². The Labute approximate surface area is 223 Å². The summed E-state index contributed by atoms with van der Waals surface area (Å²) in [7, 11) is -4.38. The van der Waals surface area contributed by atoms with Crippen molar-refractivity contribution in [3.63, 3.8) is 0 Å². The molecular formula is C24H20BrF4N5O3S. The zero-order chi connectivity index (χ0) is 27.1. The van der Waals surface area contributed by atoms with Crippen molar-refractivity contribution in [1.82, 2.24) is 14.4 Å². The Morgan fingerprint density at radius 2 is 1.84 bits per heavy atom. The predicted molar refractivity (Wildman–Crippen MR) is 135 cm³/mol. The van der Waals surface area contributed by atoms with E-state index in [0.717, 1.165) is 10.4 Å².